The van der Waals surface area contributed by atoms with Crippen molar-refractivity contribution in [2.75, 3.05) is 0 Å². The quantitative estimate of drug-likeness (QED) is 0.680. The average Bonchev–Trinajstić information content (AvgIpc) is 2.33. The molecule has 0 unspecified atom stereocenters. The van der Waals surface area contributed by atoms with Gasteiger partial charge in [-0.05, 0) is 35.4 Å². The minimum absolute atomic E-state index is 0.310. The van der Waals surface area contributed by atoms with E-state index in [4.69, 9.17) is 0 Å². The largest absolute Gasteiger partial charge is 0.207 e. The van der Waals surface area contributed by atoms with E-state index in [2.05, 4.69) is 0 Å². The maximum atomic E-state index is 12.9. The first-order valence-electron chi connectivity index (χ1n) is 5.04. The zero-order chi connectivity index (χ0) is 12.3. The molecule has 0 fully saturated rings. The van der Waals surface area contributed by atoms with Crippen molar-refractivity contribution >= 4 is 12.2 Å². The monoisotopic (exact) mass is 234 g/mol. The predicted molar refractivity (Wildman–Crippen MR) is 61.7 cm³/mol. The minimum Gasteiger partial charge on any atom is -0.207 e. The molecular formula is C14H9F3. The molecule has 86 valence electrons. The van der Waals surface area contributed by atoms with Crippen LogP contribution >= 0.6 is 0 Å². The average molecular weight is 234 g/mol. The van der Waals surface area contributed by atoms with E-state index in [0.717, 1.165) is 17.7 Å². The van der Waals surface area contributed by atoms with Gasteiger partial charge in [-0.25, -0.2) is 13.2 Å². The number of benzene rings is 2. The Morgan fingerprint density at radius 1 is 0.647 bits per heavy atom. The second-order valence-corrected chi connectivity index (χ2v) is 3.56. The summed E-state index contributed by atoms with van der Waals surface area (Å²) in [4.78, 5) is 0. The van der Waals surface area contributed by atoms with Crippen LogP contribution in [0.15, 0.2) is 42.5 Å². The van der Waals surface area contributed by atoms with E-state index in [1.807, 2.05) is 0 Å². The van der Waals surface area contributed by atoms with E-state index in [-0.39, 0.29) is 5.82 Å². The standard InChI is InChI=1S/C14H9F3/c15-12-6-3-10(4-7-12)1-2-11-5-8-13(16)14(17)9-11/h1-9H/b2-1+. The first-order valence-corrected chi connectivity index (χ1v) is 5.04. The van der Waals surface area contributed by atoms with Crippen LogP contribution in [-0.4, -0.2) is 0 Å². The predicted octanol–water partition coefficient (Wildman–Crippen LogP) is 4.27. The van der Waals surface area contributed by atoms with Crippen molar-refractivity contribution in [2.24, 2.45) is 0 Å². The van der Waals surface area contributed by atoms with Crippen LogP contribution in [0.4, 0.5) is 13.2 Å². The molecule has 0 saturated carbocycles. The highest BCUT2D eigenvalue weighted by Crippen LogP contribution is 2.12. The van der Waals surface area contributed by atoms with E-state index in [0.29, 0.717) is 5.56 Å². The third kappa shape index (κ3) is 2.97. The summed E-state index contributed by atoms with van der Waals surface area (Å²) in [5.74, 6) is -2.06. The van der Waals surface area contributed by atoms with Crippen LogP contribution < -0.4 is 0 Å². The van der Waals surface area contributed by atoms with Gasteiger partial charge >= 0.3 is 0 Å². The Balaban J connectivity index is 2.20. The maximum Gasteiger partial charge on any atom is 0.159 e. The van der Waals surface area contributed by atoms with Gasteiger partial charge in [-0.15, -0.1) is 0 Å². The summed E-state index contributed by atoms with van der Waals surface area (Å²) >= 11 is 0. The summed E-state index contributed by atoms with van der Waals surface area (Å²) in [6.45, 7) is 0. The van der Waals surface area contributed by atoms with Crippen molar-refractivity contribution in [1.82, 2.24) is 0 Å². The minimum atomic E-state index is -0.883. The van der Waals surface area contributed by atoms with Crippen LogP contribution in [0.25, 0.3) is 12.2 Å². The normalized spacial score (nSPS) is 11.0. The number of halogens is 3. The van der Waals surface area contributed by atoms with Crippen molar-refractivity contribution in [2.45, 2.75) is 0 Å². The van der Waals surface area contributed by atoms with Crippen LogP contribution in [0.1, 0.15) is 11.1 Å². The zero-order valence-electron chi connectivity index (χ0n) is 8.83. The molecule has 0 saturated heterocycles. The summed E-state index contributed by atoms with van der Waals surface area (Å²) in [7, 11) is 0. The molecule has 3 heteroatoms. The molecule has 0 aliphatic carbocycles. The molecule has 0 bridgehead atoms. The zero-order valence-corrected chi connectivity index (χ0v) is 8.83. The molecule has 2 aromatic rings. The maximum absolute atomic E-state index is 12.9. The second-order valence-electron chi connectivity index (χ2n) is 3.56. The topological polar surface area (TPSA) is 0 Å². The van der Waals surface area contributed by atoms with E-state index < -0.39 is 11.6 Å². The van der Waals surface area contributed by atoms with Gasteiger partial charge in [0.15, 0.2) is 11.6 Å². The smallest absolute Gasteiger partial charge is 0.159 e. The SMILES string of the molecule is Fc1ccc(/C=C/c2ccc(F)c(F)c2)cc1. The first kappa shape index (κ1) is 11.5. The molecule has 0 nitrogen and oxygen atoms in total. The second kappa shape index (κ2) is 4.87. The van der Waals surface area contributed by atoms with Crippen LogP contribution in [-0.2, 0) is 0 Å². The van der Waals surface area contributed by atoms with Gasteiger partial charge < -0.3 is 0 Å². The van der Waals surface area contributed by atoms with E-state index in [1.54, 1.807) is 24.3 Å². The third-order valence-electron chi connectivity index (χ3n) is 2.28. The van der Waals surface area contributed by atoms with Gasteiger partial charge in [0.05, 0.1) is 0 Å². The highest BCUT2D eigenvalue weighted by atomic mass is 19.2. The fourth-order valence-electron chi connectivity index (χ4n) is 1.38. The van der Waals surface area contributed by atoms with Crippen LogP contribution in [0.3, 0.4) is 0 Å². The third-order valence-corrected chi connectivity index (χ3v) is 2.28. The molecule has 2 aromatic carbocycles. The molecule has 0 aliphatic rings. The summed E-state index contributed by atoms with van der Waals surface area (Å²) in [6, 6.07) is 9.53. The number of rotatable bonds is 2. The molecule has 2 rings (SSSR count). The molecule has 0 aliphatic heterocycles. The van der Waals surface area contributed by atoms with Crippen molar-refractivity contribution < 1.29 is 13.2 Å². The molecule has 0 radical (unpaired) electrons. The summed E-state index contributed by atoms with van der Waals surface area (Å²) in [5.41, 5.74) is 1.34. The van der Waals surface area contributed by atoms with E-state index >= 15 is 0 Å². The van der Waals surface area contributed by atoms with Crippen molar-refractivity contribution in [1.29, 1.82) is 0 Å². The van der Waals surface area contributed by atoms with E-state index in [9.17, 15) is 13.2 Å². The van der Waals surface area contributed by atoms with Gasteiger partial charge in [0, 0.05) is 0 Å². The molecule has 0 atom stereocenters. The molecule has 0 heterocycles. The van der Waals surface area contributed by atoms with Gasteiger partial charge in [-0.1, -0.05) is 30.4 Å². The van der Waals surface area contributed by atoms with Crippen molar-refractivity contribution in [3.63, 3.8) is 0 Å². The lowest BCUT2D eigenvalue weighted by Gasteiger charge is -1.96. The Hall–Kier alpha value is -2.03. The lowest BCUT2D eigenvalue weighted by atomic mass is 10.1. The molecule has 0 N–H and O–H groups in total. The fraction of sp³-hybridized carbons (Fsp3) is 0. The summed E-state index contributed by atoms with van der Waals surface area (Å²) in [6.07, 6.45) is 3.34. The fourth-order valence-corrected chi connectivity index (χ4v) is 1.38. The lowest BCUT2D eigenvalue weighted by molar-refractivity contribution is 0.508. The first-order chi connectivity index (χ1) is 8.15. The highest BCUT2D eigenvalue weighted by molar-refractivity contribution is 5.69. The van der Waals surface area contributed by atoms with Gasteiger partial charge in [0.1, 0.15) is 5.82 Å². The lowest BCUT2D eigenvalue weighted by Crippen LogP contribution is -1.83. The number of hydrogen-bond donors (Lipinski definition) is 0. The number of hydrogen-bond acceptors (Lipinski definition) is 0. The molecule has 17 heavy (non-hydrogen) atoms. The van der Waals surface area contributed by atoms with Crippen LogP contribution in [0, 0.1) is 17.5 Å². The highest BCUT2D eigenvalue weighted by Gasteiger charge is 1.99. The van der Waals surface area contributed by atoms with Gasteiger partial charge in [-0.2, -0.15) is 0 Å². The Morgan fingerprint density at radius 2 is 1.24 bits per heavy atom. The summed E-state index contributed by atoms with van der Waals surface area (Å²) < 4.78 is 38.2. The van der Waals surface area contributed by atoms with E-state index in [1.165, 1.54) is 18.2 Å². The molecule has 0 aromatic heterocycles. The van der Waals surface area contributed by atoms with Gasteiger partial charge in [0.25, 0.3) is 0 Å². The van der Waals surface area contributed by atoms with Gasteiger partial charge in [-0.3, -0.25) is 0 Å². The molecule has 0 amide bonds. The van der Waals surface area contributed by atoms with Gasteiger partial charge in [0.2, 0.25) is 0 Å². The Bertz CT molecular complexity index is 542. The Labute approximate surface area is 97.0 Å². The van der Waals surface area contributed by atoms with Crippen molar-refractivity contribution in [3.05, 3.63) is 71.0 Å². The van der Waals surface area contributed by atoms with Crippen molar-refractivity contribution in [3.8, 4) is 0 Å². The molecular weight excluding hydrogens is 225 g/mol. The molecule has 0 spiro atoms. The van der Waals surface area contributed by atoms with Crippen LogP contribution in [0.5, 0.6) is 0 Å². The Morgan fingerprint density at radius 3 is 1.88 bits per heavy atom. The summed E-state index contributed by atoms with van der Waals surface area (Å²) in [5, 5.41) is 0. The Kier molecular flexibility index (Phi) is 3.28. The van der Waals surface area contributed by atoms with Crippen LogP contribution in [0.2, 0.25) is 0 Å².